The van der Waals surface area contributed by atoms with E-state index < -0.39 is 63.1 Å². The number of aromatic nitrogens is 4. The summed E-state index contributed by atoms with van der Waals surface area (Å²) in [6.07, 6.45) is -4.97. The SMILES string of the molecule is CC(O)[C@H](NC(=O)Nc1ncnc2c1ncn2[C@@H]1O[C@H](COP(=O)(O)O)[C@@H](O)[C@H]1O)C(=O)[O-].[Ba+2]. The van der Waals surface area contributed by atoms with E-state index in [1.54, 1.807) is 0 Å². The van der Waals surface area contributed by atoms with Crippen molar-refractivity contribution in [2.45, 2.75) is 43.6 Å². The largest absolute Gasteiger partial charge is 2.00 e. The van der Waals surface area contributed by atoms with Crippen molar-refractivity contribution >= 4 is 85.7 Å². The van der Waals surface area contributed by atoms with Gasteiger partial charge in [-0.05, 0) is 6.92 Å². The second-order valence-corrected chi connectivity index (χ2v) is 8.25. The Morgan fingerprint density at radius 2 is 1.97 bits per heavy atom. The molecular formula is C15H20BaN6O11P+. The van der Waals surface area contributed by atoms with E-state index in [2.05, 4.69) is 24.8 Å². The number of hydrogen-bond donors (Lipinski definition) is 7. The molecule has 6 atom stereocenters. The molecule has 1 unspecified atom stereocenters. The molecule has 0 spiro atoms. The van der Waals surface area contributed by atoms with Gasteiger partial charge in [0.15, 0.2) is 23.2 Å². The third kappa shape index (κ3) is 6.72. The van der Waals surface area contributed by atoms with Crippen molar-refractivity contribution in [3.63, 3.8) is 0 Å². The molecule has 0 radical (unpaired) electrons. The number of aliphatic hydroxyl groups is 3. The number of carbonyl (C=O) groups excluding carboxylic acids is 2. The maximum Gasteiger partial charge on any atom is 2.00 e. The summed E-state index contributed by atoms with van der Waals surface area (Å²) in [5, 5.41) is 45.2. The number of nitrogens with one attached hydrogen (secondary N) is 2. The maximum atomic E-state index is 12.1. The van der Waals surface area contributed by atoms with Gasteiger partial charge in [-0.1, -0.05) is 0 Å². The van der Waals surface area contributed by atoms with Crippen LogP contribution in [0.1, 0.15) is 13.2 Å². The second-order valence-electron chi connectivity index (χ2n) is 7.01. The molecule has 17 nitrogen and oxygen atoms in total. The number of aliphatic carboxylic acids is 1. The maximum absolute atomic E-state index is 12.1. The van der Waals surface area contributed by atoms with Crippen LogP contribution in [0.3, 0.4) is 0 Å². The van der Waals surface area contributed by atoms with Gasteiger partial charge < -0.3 is 45.1 Å². The number of aliphatic hydroxyl groups excluding tert-OH is 3. The normalized spacial score (nSPS) is 24.3. The van der Waals surface area contributed by atoms with Crippen molar-refractivity contribution in [3.05, 3.63) is 12.7 Å². The molecule has 19 heteroatoms. The van der Waals surface area contributed by atoms with E-state index in [1.165, 1.54) is 4.57 Å². The molecule has 1 fully saturated rings. The van der Waals surface area contributed by atoms with E-state index in [-0.39, 0.29) is 65.9 Å². The Labute approximate surface area is 230 Å². The number of amides is 2. The predicted molar refractivity (Wildman–Crippen MR) is 108 cm³/mol. The van der Waals surface area contributed by atoms with Crippen molar-refractivity contribution in [3.8, 4) is 0 Å². The number of fused-ring (bicyclic) bond motifs is 1. The number of rotatable bonds is 8. The zero-order valence-electron chi connectivity index (χ0n) is 17.5. The van der Waals surface area contributed by atoms with E-state index in [1.807, 2.05) is 5.32 Å². The molecule has 0 aromatic carbocycles. The van der Waals surface area contributed by atoms with Crippen LogP contribution in [0.4, 0.5) is 10.6 Å². The van der Waals surface area contributed by atoms with Gasteiger partial charge in [0.25, 0.3) is 0 Å². The molecule has 1 aliphatic heterocycles. The van der Waals surface area contributed by atoms with E-state index in [0.29, 0.717) is 0 Å². The first-order chi connectivity index (χ1) is 15.4. The fourth-order valence-electron chi connectivity index (χ4n) is 3.06. The standard InChI is InChI=1S/C15H21N6O11P.Ba/c1-5(22)7(14(25)26)19-15(27)20-11-8-12(17-3-16-11)21(4-18-8)13-10(24)9(23)6(32-13)2-31-33(28,29)30;/h3-7,9-10,13,22-24H,2H2,1H3,(H,25,26)(H2,28,29,30)(H2,16,17,19,20,27);/q;+2/p-1/t5?,6-,7+,9-,10-,13-;/m1./s1. The van der Waals surface area contributed by atoms with Gasteiger partial charge >= 0.3 is 62.7 Å². The minimum absolute atomic E-state index is 0. The van der Waals surface area contributed by atoms with Crippen LogP contribution in [0.15, 0.2) is 12.7 Å². The Morgan fingerprint density at radius 1 is 1.29 bits per heavy atom. The summed E-state index contributed by atoms with van der Waals surface area (Å²) in [4.78, 5) is 52.6. The Kier molecular flexibility index (Phi) is 9.99. The van der Waals surface area contributed by atoms with Gasteiger partial charge in [-0.25, -0.2) is 24.3 Å². The van der Waals surface area contributed by atoms with Gasteiger partial charge in [0, 0.05) is 0 Å². The molecule has 0 bridgehead atoms. The average molecular weight is 629 g/mol. The first-order valence-electron chi connectivity index (χ1n) is 9.24. The predicted octanol–water partition coefficient (Wildman–Crippen LogP) is -4.21. The Bertz CT molecular complexity index is 1080. The molecule has 1 saturated heterocycles. The summed E-state index contributed by atoms with van der Waals surface area (Å²) < 4.78 is 21.8. The van der Waals surface area contributed by atoms with Crippen LogP contribution in [0, 0.1) is 0 Å². The summed E-state index contributed by atoms with van der Waals surface area (Å²) in [7, 11) is -4.84. The molecule has 3 heterocycles. The van der Waals surface area contributed by atoms with Gasteiger partial charge in [0.1, 0.15) is 24.6 Å². The number of anilines is 1. The molecule has 2 aromatic heterocycles. The van der Waals surface area contributed by atoms with Crippen LogP contribution in [-0.4, -0.2) is 143 Å². The Hall–Kier alpha value is -1.19. The van der Waals surface area contributed by atoms with Crippen LogP contribution in [0.25, 0.3) is 11.2 Å². The van der Waals surface area contributed by atoms with Crippen molar-refractivity contribution in [2.24, 2.45) is 0 Å². The molecule has 2 amide bonds. The summed E-state index contributed by atoms with van der Waals surface area (Å²) in [5.41, 5.74) is 0.0231. The monoisotopic (exact) mass is 629 g/mol. The third-order valence-corrected chi connectivity index (χ3v) is 5.12. The van der Waals surface area contributed by atoms with Crippen LogP contribution in [0.5, 0.6) is 0 Å². The quantitative estimate of drug-likeness (QED) is 0.108. The van der Waals surface area contributed by atoms with Crippen LogP contribution >= 0.6 is 7.82 Å². The van der Waals surface area contributed by atoms with Crippen molar-refractivity contribution in [2.75, 3.05) is 11.9 Å². The van der Waals surface area contributed by atoms with Gasteiger partial charge in [-0.3, -0.25) is 14.4 Å². The first-order valence-corrected chi connectivity index (χ1v) is 10.8. The molecular weight excluding hydrogens is 608 g/mol. The smallest absolute Gasteiger partial charge is 0.548 e. The fraction of sp³-hybridized carbons (Fsp3) is 0.533. The second kappa shape index (κ2) is 11.7. The van der Waals surface area contributed by atoms with Gasteiger partial charge in [0.2, 0.25) is 0 Å². The molecule has 182 valence electrons. The third-order valence-electron chi connectivity index (χ3n) is 4.63. The molecule has 34 heavy (non-hydrogen) atoms. The minimum Gasteiger partial charge on any atom is -0.548 e. The van der Waals surface area contributed by atoms with E-state index in [0.717, 1.165) is 19.6 Å². The van der Waals surface area contributed by atoms with Crippen LogP contribution < -0.4 is 15.7 Å². The average Bonchev–Trinajstić information content (AvgIpc) is 3.26. The number of phosphoric acid groups is 1. The molecule has 0 aliphatic carbocycles. The minimum atomic E-state index is -4.84. The number of carbonyl (C=O) groups is 2. The summed E-state index contributed by atoms with van der Waals surface area (Å²) in [6.45, 7) is 0.432. The number of nitrogens with zero attached hydrogens (tertiary/aromatic N) is 4. The summed E-state index contributed by atoms with van der Waals surface area (Å²) in [5.74, 6) is -1.87. The van der Waals surface area contributed by atoms with E-state index in [4.69, 9.17) is 14.5 Å². The van der Waals surface area contributed by atoms with Gasteiger partial charge in [-0.2, -0.15) is 0 Å². The van der Waals surface area contributed by atoms with Crippen molar-refractivity contribution in [1.82, 2.24) is 24.8 Å². The Morgan fingerprint density at radius 3 is 2.56 bits per heavy atom. The number of hydrogen-bond acceptors (Lipinski definition) is 12. The van der Waals surface area contributed by atoms with Gasteiger partial charge in [0.05, 0.1) is 31.0 Å². The fourth-order valence-corrected chi connectivity index (χ4v) is 3.40. The van der Waals surface area contributed by atoms with Crippen LogP contribution in [0.2, 0.25) is 0 Å². The number of carboxylic acid groups (broad SMARTS) is 1. The number of ether oxygens (including phenoxy) is 1. The summed E-state index contributed by atoms with van der Waals surface area (Å²) >= 11 is 0. The van der Waals surface area contributed by atoms with E-state index in [9.17, 15) is 34.6 Å². The number of urea groups is 1. The molecule has 2 aromatic rings. The molecule has 0 saturated carbocycles. The molecule has 7 N–H and O–H groups in total. The van der Waals surface area contributed by atoms with Gasteiger partial charge in [-0.15, -0.1) is 0 Å². The van der Waals surface area contributed by atoms with Crippen molar-refractivity contribution in [1.29, 1.82) is 0 Å². The molecule has 3 rings (SSSR count). The number of imidazole rings is 1. The van der Waals surface area contributed by atoms with Crippen LogP contribution in [-0.2, 0) is 18.6 Å². The number of phosphoric ester groups is 1. The topological polar surface area (TPSA) is 262 Å². The Balaban J connectivity index is 0.00000408. The molecule has 1 aliphatic rings. The number of carboxylic acids is 1. The first kappa shape index (κ1) is 29.0. The zero-order valence-corrected chi connectivity index (χ0v) is 22.8. The van der Waals surface area contributed by atoms with Crippen molar-refractivity contribution < 1.29 is 53.6 Å². The zero-order chi connectivity index (χ0) is 24.5. The van der Waals surface area contributed by atoms with E-state index >= 15 is 0 Å². The summed E-state index contributed by atoms with van der Waals surface area (Å²) in [6, 6.07) is -2.74.